The highest BCUT2D eigenvalue weighted by molar-refractivity contribution is 5.69. The Kier molecular flexibility index (Phi) is 8.01. The first-order chi connectivity index (χ1) is 14.4. The predicted molar refractivity (Wildman–Crippen MR) is 104 cm³/mol. The lowest BCUT2D eigenvalue weighted by Crippen LogP contribution is -2.76. The summed E-state index contributed by atoms with van der Waals surface area (Å²) >= 11 is 0. The van der Waals surface area contributed by atoms with Crippen LogP contribution in [0.3, 0.4) is 0 Å². The molecule has 0 N–H and O–H groups in total. The van der Waals surface area contributed by atoms with E-state index in [0.29, 0.717) is 6.54 Å². The molecule has 3 rings (SSSR count). The second-order valence-corrected chi connectivity index (χ2v) is 8.03. The predicted octanol–water partition coefficient (Wildman–Crippen LogP) is 0.182. The topological polar surface area (TPSA) is 127 Å². The summed E-state index contributed by atoms with van der Waals surface area (Å²) in [6.45, 7) is 5.40. The molecule has 3 fully saturated rings. The number of esters is 4. The standard InChI is InChI=1S/C20H31NO10/c1-12(22)26-11-18-19(30-15(4)25)9-17(29-14(3)24)20(31-18,27-8-7-21(5)6)10-16(19)28-13(2)23/h16-18H,7-11H2,1-6H3/t16?,17-,18-,19?,20-/m0/s1. The molecule has 2 heterocycles. The quantitative estimate of drug-likeness (QED) is 0.356. The Morgan fingerprint density at radius 2 is 1.52 bits per heavy atom. The first kappa shape index (κ1) is 25.0. The molecule has 0 aromatic heterocycles. The van der Waals surface area contributed by atoms with Gasteiger partial charge in [0.25, 0.3) is 0 Å². The zero-order valence-electron chi connectivity index (χ0n) is 18.8. The molecule has 2 unspecified atom stereocenters. The van der Waals surface area contributed by atoms with Gasteiger partial charge in [0.15, 0.2) is 11.7 Å². The Morgan fingerprint density at radius 3 is 2.03 bits per heavy atom. The highest BCUT2D eigenvalue weighted by Gasteiger charge is 2.71. The first-order valence-electron chi connectivity index (χ1n) is 10.0. The molecule has 0 aromatic carbocycles. The van der Waals surface area contributed by atoms with Crippen molar-refractivity contribution < 1.29 is 47.6 Å². The number of likely N-dealkylation sites (N-methyl/N-ethyl adjacent to an activating group) is 1. The third-order valence-electron chi connectivity index (χ3n) is 5.17. The largest absolute Gasteiger partial charge is 0.463 e. The summed E-state index contributed by atoms with van der Waals surface area (Å²) in [7, 11) is 3.73. The maximum absolute atomic E-state index is 12.0. The van der Waals surface area contributed by atoms with E-state index in [4.69, 9.17) is 28.4 Å². The second kappa shape index (κ2) is 9.92. The van der Waals surface area contributed by atoms with Crippen LogP contribution >= 0.6 is 0 Å². The number of rotatable bonds is 9. The third-order valence-corrected chi connectivity index (χ3v) is 5.17. The molecule has 0 amide bonds. The molecule has 11 heteroatoms. The minimum absolute atomic E-state index is 0.0399. The van der Waals surface area contributed by atoms with Crippen LogP contribution in [0.5, 0.6) is 0 Å². The van der Waals surface area contributed by atoms with Gasteiger partial charge in [-0.25, -0.2) is 0 Å². The Bertz CT molecular complexity index is 710. The molecule has 176 valence electrons. The molecule has 1 saturated carbocycles. The monoisotopic (exact) mass is 445 g/mol. The van der Waals surface area contributed by atoms with E-state index in [1.807, 2.05) is 19.0 Å². The lowest BCUT2D eigenvalue weighted by Gasteiger charge is -2.60. The molecule has 11 nitrogen and oxygen atoms in total. The summed E-state index contributed by atoms with van der Waals surface area (Å²) < 4.78 is 34.0. The van der Waals surface area contributed by atoms with Gasteiger partial charge < -0.3 is 33.3 Å². The zero-order valence-corrected chi connectivity index (χ0v) is 18.8. The molecular formula is C20H31NO10. The molecular weight excluding hydrogens is 414 g/mol. The molecule has 3 aliphatic rings. The Morgan fingerprint density at radius 1 is 0.903 bits per heavy atom. The van der Waals surface area contributed by atoms with Crippen LogP contribution in [0.25, 0.3) is 0 Å². The van der Waals surface area contributed by atoms with Crippen molar-refractivity contribution in [3.8, 4) is 0 Å². The average Bonchev–Trinajstić information content (AvgIpc) is 2.60. The van der Waals surface area contributed by atoms with Gasteiger partial charge in [0.05, 0.1) is 6.61 Å². The zero-order chi connectivity index (χ0) is 23.4. The van der Waals surface area contributed by atoms with Crippen LogP contribution in [-0.2, 0) is 47.6 Å². The summed E-state index contributed by atoms with van der Waals surface area (Å²) in [5.74, 6) is -3.86. The van der Waals surface area contributed by atoms with Crippen LogP contribution < -0.4 is 0 Å². The number of hydrogen-bond donors (Lipinski definition) is 0. The molecule has 0 radical (unpaired) electrons. The van der Waals surface area contributed by atoms with Crippen LogP contribution in [0, 0.1) is 0 Å². The Hall–Kier alpha value is -2.24. The Labute approximate surface area is 181 Å². The van der Waals surface area contributed by atoms with Crippen molar-refractivity contribution in [2.24, 2.45) is 0 Å². The number of fused-ring (bicyclic) bond motifs is 3. The smallest absolute Gasteiger partial charge is 0.303 e. The summed E-state index contributed by atoms with van der Waals surface area (Å²) in [5.41, 5.74) is -1.53. The van der Waals surface area contributed by atoms with Crippen LogP contribution in [0.4, 0.5) is 0 Å². The van der Waals surface area contributed by atoms with Crippen LogP contribution in [0.1, 0.15) is 40.5 Å². The maximum Gasteiger partial charge on any atom is 0.303 e. The van der Waals surface area contributed by atoms with E-state index in [2.05, 4.69) is 0 Å². The molecule has 1 aliphatic carbocycles. The SMILES string of the molecule is CC(=O)OC[C@@H]1O[C@@]2(OCCN(C)C)CC(OC(C)=O)C1(OC(C)=O)C[C@@H]2OC(C)=O. The fourth-order valence-electron chi connectivity index (χ4n) is 4.01. The van der Waals surface area contributed by atoms with Crippen LogP contribution in [0.15, 0.2) is 0 Å². The van der Waals surface area contributed by atoms with Gasteiger partial charge in [0, 0.05) is 47.1 Å². The normalized spacial score (nSPS) is 31.8. The van der Waals surface area contributed by atoms with Gasteiger partial charge in [-0.3, -0.25) is 19.2 Å². The number of carbonyl (C=O) groups excluding carboxylic acids is 4. The number of nitrogens with zero attached hydrogens (tertiary/aromatic N) is 1. The summed E-state index contributed by atoms with van der Waals surface area (Å²) in [4.78, 5) is 49.0. The maximum atomic E-state index is 12.0. The van der Waals surface area contributed by atoms with Crippen LogP contribution in [-0.4, -0.2) is 92.3 Å². The van der Waals surface area contributed by atoms with Gasteiger partial charge in [0.1, 0.15) is 18.8 Å². The minimum Gasteiger partial charge on any atom is -0.463 e. The Balaban J connectivity index is 2.49. The van der Waals surface area contributed by atoms with Gasteiger partial charge in [-0.2, -0.15) is 0 Å². The van der Waals surface area contributed by atoms with Crippen molar-refractivity contribution >= 4 is 23.9 Å². The first-order valence-corrected chi connectivity index (χ1v) is 10.0. The van der Waals surface area contributed by atoms with Gasteiger partial charge >= 0.3 is 23.9 Å². The fraction of sp³-hybridized carbons (Fsp3) is 0.800. The summed E-state index contributed by atoms with van der Waals surface area (Å²) in [6.07, 6.45) is -3.01. The van der Waals surface area contributed by atoms with Crippen molar-refractivity contribution in [3.63, 3.8) is 0 Å². The third kappa shape index (κ3) is 5.92. The average molecular weight is 445 g/mol. The molecule has 0 spiro atoms. The molecule has 2 saturated heterocycles. The van der Waals surface area contributed by atoms with Crippen molar-refractivity contribution in [2.75, 3.05) is 33.9 Å². The van der Waals surface area contributed by atoms with Gasteiger partial charge in [-0.15, -0.1) is 0 Å². The van der Waals surface area contributed by atoms with Crippen molar-refractivity contribution in [3.05, 3.63) is 0 Å². The van der Waals surface area contributed by atoms with Crippen LogP contribution in [0.2, 0.25) is 0 Å². The van der Waals surface area contributed by atoms with E-state index in [9.17, 15) is 19.2 Å². The highest BCUT2D eigenvalue weighted by atomic mass is 16.8. The van der Waals surface area contributed by atoms with Gasteiger partial charge in [0.2, 0.25) is 5.79 Å². The number of carbonyl (C=O) groups is 4. The van der Waals surface area contributed by atoms with E-state index in [0.717, 1.165) is 0 Å². The lowest BCUT2D eigenvalue weighted by molar-refractivity contribution is -0.411. The lowest BCUT2D eigenvalue weighted by atomic mass is 9.70. The summed E-state index contributed by atoms with van der Waals surface area (Å²) in [6, 6.07) is 0. The molecule has 2 bridgehead atoms. The van der Waals surface area contributed by atoms with Crippen molar-refractivity contribution in [1.82, 2.24) is 4.90 Å². The van der Waals surface area contributed by atoms with Crippen molar-refractivity contribution in [1.29, 1.82) is 0 Å². The number of hydrogen-bond acceptors (Lipinski definition) is 11. The van der Waals surface area contributed by atoms with Crippen molar-refractivity contribution in [2.45, 2.75) is 70.2 Å². The van der Waals surface area contributed by atoms with E-state index in [1.165, 1.54) is 27.7 Å². The van der Waals surface area contributed by atoms with Gasteiger partial charge in [-0.1, -0.05) is 0 Å². The second-order valence-electron chi connectivity index (χ2n) is 8.03. The molecule has 0 aromatic rings. The van der Waals surface area contributed by atoms with E-state index in [1.54, 1.807) is 0 Å². The fourth-order valence-corrected chi connectivity index (χ4v) is 4.01. The van der Waals surface area contributed by atoms with E-state index < -0.39 is 53.6 Å². The summed E-state index contributed by atoms with van der Waals surface area (Å²) in [5, 5.41) is 0. The molecule has 5 atom stereocenters. The minimum atomic E-state index is -1.53. The highest BCUT2D eigenvalue weighted by Crippen LogP contribution is 2.52. The molecule has 31 heavy (non-hydrogen) atoms. The van der Waals surface area contributed by atoms with E-state index in [-0.39, 0.29) is 26.1 Å². The number of ether oxygens (including phenoxy) is 6. The van der Waals surface area contributed by atoms with E-state index >= 15 is 0 Å². The van der Waals surface area contributed by atoms with Gasteiger partial charge in [-0.05, 0) is 14.1 Å². The molecule has 2 aliphatic heterocycles.